The molecule has 5 aliphatic rings. The second kappa shape index (κ2) is 72.4. The molecule has 49 heteroatoms. The van der Waals surface area contributed by atoms with Crippen LogP contribution in [-0.4, -0.2) is 295 Å². The highest BCUT2D eigenvalue weighted by Crippen LogP contribution is 2.33. The van der Waals surface area contributed by atoms with Crippen molar-refractivity contribution < 1.29 is 178 Å². The number of rotatable bonds is 40. The Morgan fingerprint density at radius 2 is 0.850 bits per heavy atom. The Balaban J connectivity index is 0.000000591. The molecule has 2 unspecified atom stereocenters. The maximum absolute atomic E-state index is 13.0. The molecule has 4 bridgehead atoms. The number of carbonyl (C=O) groups excluding carboxylic acids is 10. The van der Waals surface area contributed by atoms with Crippen molar-refractivity contribution in [1.29, 1.82) is 0 Å². The van der Waals surface area contributed by atoms with Crippen LogP contribution in [0.15, 0.2) is 133 Å². The van der Waals surface area contributed by atoms with E-state index in [0.29, 0.717) is 108 Å². The van der Waals surface area contributed by atoms with Gasteiger partial charge in [-0.3, -0.25) is 53.6 Å². The number of amides is 4. The van der Waals surface area contributed by atoms with Crippen LogP contribution in [0.3, 0.4) is 0 Å². The largest absolute Gasteiger partial charge is 0.497 e. The molecule has 9 rings (SSSR count). The minimum atomic E-state index is -1.19. The average Bonchev–Trinajstić information content (AvgIpc) is 1.72. The third-order valence-electron chi connectivity index (χ3n) is 20.7. The Bertz CT molecular complexity index is 4580. The number of hydrogen-bond acceptors (Lipinski definition) is 39. The van der Waals surface area contributed by atoms with E-state index < -0.39 is 126 Å². The third-order valence-corrected chi connectivity index (χ3v) is 20.7. The van der Waals surface area contributed by atoms with Crippen molar-refractivity contribution in [2.24, 2.45) is 21.7 Å². The third kappa shape index (κ3) is 57.1. The highest BCUT2D eigenvalue weighted by atomic mass is 16.8. The van der Waals surface area contributed by atoms with E-state index in [-0.39, 0.29) is 114 Å². The van der Waals surface area contributed by atoms with E-state index in [4.69, 9.17) is 109 Å². The summed E-state index contributed by atoms with van der Waals surface area (Å²) in [7, 11) is 9.59. The lowest BCUT2D eigenvalue weighted by Crippen LogP contribution is -2.39. The van der Waals surface area contributed by atoms with Gasteiger partial charge in [0.15, 0.2) is 29.6 Å². The summed E-state index contributed by atoms with van der Waals surface area (Å²) in [5.74, 6) is -5.75. The number of carbonyl (C=O) groups is 12. The molecule has 5 heterocycles. The van der Waals surface area contributed by atoms with Gasteiger partial charge in [0.25, 0.3) is 11.8 Å². The molecule has 818 valence electrons. The quantitative estimate of drug-likeness (QED) is 0.00227. The Kier molecular flexibility index (Phi) is 64.1. The van der Waals surface area contributed by atoms with Crippen LogP contribution in [-0.2, 0) is 155 Å². The second-order valence-corrected chi connectivity index (χ2v) is 34.1. The maximum Gasteiger partial charge on any atom is 0.332 e. The van der Waals surface area contributed by atoms with Gasteiger partial charge in [-0.05, 0) is 175 Å². The van der Waals surface area contributed by atoms with Gasteiger partial charge >= 0.3 is 41.8 Å². The number of aliphatic hydroxyl groups excluding tert-OH is 2. The van der Waals surface area contributed by atoms with Gasteiger partial charge < -0.3 is 137 Å². The predicted molar refractivity (Wildman–Crippen MR) is 525 cm³/mol. The highest BCUT2D eigenvalue weighted by molar-refractivity contribution is 5.96. The number of methoxy groups -OCH3 is 7. The summed E-state index contributed by atoms with van der Waals surface area (Å²) in [6, 6.07) is 23.2. The van der Waals surface area contributed by atoms with Crippen molar-refractivity contribution in [3.63, 3.8) is 0 Å². The first-order valence-corrected chi connectivity index (χ1v) is 46.5. The molecule has 0 saturated carbocycles. The molecule has 0 radical (unpaired) electrons. The number of esters is 5. The second-order valence-electron chi connectivity index (χ2n) is 34.1. The maximum atomic E-state index is 13.0. The normalized spacial score (nSPS) is 18.7. The van der Waals surface area contributed by atoms with Crippen molar-refractivity contribution in [1.82, 2.24) is 11.0 Å². The van der Waals surface area contributed by atoms with Crippen molar-refractivity contribution in [3.05, 3.63) is 166 Å². The molecule has 14 N–H and O–H groups in total. The molecule has 0 aliphatic carbocycles. The lowest BCUT2D eigenvalue weighted by Gasteiger charge is -2.22. The molecule has 0 aromatic heterocycles. The number of anilines is 2. The zero-order chi connectivity index (χ0) is 110. The first-order valence-electron chi connectivity index (χ1n) is 46.5. The minimum Gasteiger partial charge on any atom is -0.497 e. The van der Waals surface area contributed by atoms with Crippen LogP contribution in [0, 0.1) is 0 Å². The molecular weight excluding hydrogens is 1940 g/mol. The number of aldehydes is 1. The number of carboxylic acids is 2. The molecule has 4 aromatic carbocycles. The van der Waals surface area contributed by atoms with Gasteiger partial charge in [-0.25, -0.2) is 20.5 Å². The molecule has 0 spiro atoms. The number of para-hydroxylation sites is 4. The summed E-state index contributed by atoms with van der Waals surface area (Å²) in [6.45, 7) is 24.0. The van der Waals surface area contributed by atoms with E-state index in [2.05, 4.69) is 86.2 Å². The summed E-state index contributed by atoms with van der Waals surface area (Å²) in [6.07, 6.45) is 2.99. The fourth-order valence-corrected chi connectivity index (χ4v) is 13.7. The standard InChI is InChI=1S/2C23H29N3O6.2C10H15N3O5.2C10H18O5.C7H12O3.C5H8O2/c2*1-30-18-10-15-5-4-8-31-21(12-17(24)13-22(27)26-29)23(28)25-19-6-2-3-7-20(19)32-14-16(9-15)11-18;2*1-3-4-18-8(10(15)16)5-7(12-13-11)6-9(14)17-2;2*1-10(2)14-6-8(15-10)4-7(11)5-9(12)13-3;1-7(2)9-5-6(10-7)3-4-8;1-3-4-5(6)7-2/h2*2-3,6-7,9-11,17,21,29H,4-5,8,12-14,24H2,1H3,(H,25,28)(H,26,27);2*3,7-8H,1,4-6H2,2H3,(H,15,16);2*7-8,11H,4-6H2,1-3H3;4,6H,3,5H2,1-2H3;3H,1,4H2,2H3/t2*17-,21?;7-,8+;7-,8-;7-,8+;7-,8-;6-;/m1010100./s1. The lowest BCUT2D eigenvalue weighted by atomic mass is 10.0. The molecular formula is C98H144N12O37. The fourth-order valence-electron chi connectivity index (χ4n) is 13.7. The van der Waals surface area contributed by atoms with E-state index in [1.807, 2.05) is 77.9 Å². The van der Waals surface area contributed by atoms with Crippen LogP contribution < -0.4 is 52.0 Å². The molecule has 5 aliphatic heterocycles. The number of ether oxygens (including phenoxy) is 19. The summed E-state index contributed by atoms with van der Waals surface area (Å²) < 4.78 is 98.8. The monoisotopic (exact) mass is 2080 g/mol. The minimum absolute atomic E-state index is 0.00319. The van der Waals surface area contributed by atoms with Crippen molar-refractivity contribution in [3.8, 4) is 23.0 Å². The number of nitrogens with two attached hydrogens (primary N) is 2. The van der Waals surface area contributed by atoms with Gasteiger partial charge in [0, 0.05) is 67.2 Å². The summed E-state index contributed by atoms with van der Waals surface area (Å²) in [5.41, 5.74) is 36.9. The average molecular weight is 2080 g/mol. The Morgan fingerprint density at radius 1 is 0.503 bits per heavy atom. The van der Waals surface area contributed by atoms with Crippen molar-refractivity contribution in [2.75, 3.05) is 107 Å². The lowest BCUT2D eigenvalue weighted by molar-refractivity contribution is -0.151. The first-order chi connectivity index (χ1) is 69.8. The molecule has 4 amide bonds. The van der Waals surface area contributed by atoms with Gasteiger partial charge in [0.05, 0.1) is 169 Å². The van der Waals surface area contributed by atoms with Gasteiger partial charge in [-0.1, -0.05) is 64.9 Å². The molecule has 147 heavy (non-hydrogen) atoms. The van der Waals surface area contributed by atoms with Gasteiger partial charge in [-0.2, -0.15) is 0 Å². The number of nitrogens with zero attached hydrogens (tertiary/aromatic N) is 6. The smallest absolute Gasteiger partial charge is 0.332 e. The number of nitrogens with one attached hydrogen (secondary N) is 4. The molecule has 3 fully saturated rings. The first kappa shape index (κ1) is 130. The number of benzene rings is 4. The molecule has 3 saturated heterocycles. The van der Waals surface area contributed by atoms with Crippen LogP contribution in [0.25, 0.3) is 20.9 Å². The molecule has 49 nitrogen and oxygen atoms in total. The zero-order valence-corrected chi connectivity index (χ0v) is 85.3. The molecule has 4 aromatic rings. The van der Waals surface area contributed by atoms with E-state index in [1.165, 1.54) is 53.8 Å². The number of aliphatic carboxylic acids is 2. The Labute approximate surface area is 852 Å². The Morgan fingerprint density at radius 3 is 1.15 bits per heavy atom. The topological polar surface area (TPSA) is 699 Å². The number of fused-ring (bicyclic) bond motifs is 6. The summed E-state index contributed by atoms with van der Waals surface area (Å²) >= 11 is 0. The van der Waals surface area contributed by atoms with Crippen molar-refractivity contribution >= 4 is 83.1 Å². The van der Waals surface area contributed by atoms with Crippen LogP contribution >= 0.6 is 0 Å². The predicted octanol–water partition coefficient (Wildman–Crippen LogP) is 9.23. The SMILES string of the molecule is C=CCC(=O)OC.C=CCO[C@@H](C[C@@H](CC(=O)OC)N=[N+]=[N-])C(=O)O.C=CCO[C@@H](C[C@H](CC(=O)OC)N=[N+]=[N-])C(=O)O.CC1(C)OC[C@H](CC=O)O1.COC(=O)C[C@@H](O)C[C@H]1COC(C)(C)O1.COC(=O)C[C@H](O)C[C@H]1COC(C)(C)O1.COc1cc2cc(c1)COc1ccccc1NC(=O)C(C[C@@H](N)CC(=O)NO)OCCC2.COc1cc2cc(c1)COc1ccccc1NC(=O)C(C[C@H](N)CC(=O)NO)OCCC2. The van der Waals surface area contributed by atoms with E-state index in [1.54, 1.807) is 61.6 Å². The van der Waals surface area contributed by atoms with Crippen LogP contribution in [0.5, 0.6) is 23.0 Å². The summed E-state index contributed by atoms with van der Waals surface area (Å²) in [5, 5.41) is 66.7. The number of azide groups is 2. The van der Waals surface area contributed by atoms with E-state index in [9.17, 15) is 67.7 Å². The van der Waals surface area contributed by atoms with E-state index >= 15 is 0 Å². The number of carboxylic acid groups (broad SMARTS) is 2. The fraction of sp³-hybridized carbons (Fsp3) is 0.571. The van der Waals surface area contributed by atoms with Gasteiger partial charge in [-0.15, -0.1) is 19.7 Å². The van der Waals surface area contributed by atoms with Crippen LogP contribution in [0.1, 0.15) is 167 Å². The van der Waals surface area contributed by atoms with Crippen LogP contribution in [0.2, 0.25) is 0 Å². The molecule has 13 atom stereocenters. The number of aliphatic hydroxyl groups is 2. The van der Waals surface area contributed by atoms with Crippen molar-refractivity contribution in [2.45, 2.75) is 267 Å². The Hall–Kier alpha value is -12.9. The van der Waals surface area contributed by atoms with E-state index in [0.717, 1.165) is 52.9 Å². The van der Waals surface area contributed by atoms with Gasteiger partial charge in [0.1, 0.15) is 54.7 Å². The van der Waals surface area contributed by atoms with Crippen LogP contribution in [0.4, 0.5) is 11.4 Å². The number of aryl methyl sites for hydroxylation is 2. The van der Waals surface area contributed by atoms with Gasteiger partial charge in [0.2, 0.25) is 11.8 Å². The zero-order valence-electron chi connectivity index (χ0n) is 85.3. The summed E-state index contributed by atoms with van der Waals surface area (Å²) in [4.78, 5) is 140. The number of hydrogen-bond donors (Lipinski definition) is 12. The highest BCUT2D eigenvalue weighted by Gasteiger charge is 2.38. The number of hydroxylamine groups is 2.